The Morgan fingerprint density at radius 1 is 1.26 bits per heavy atom. The first-order chi connectivity index (χ1) is 12.9. The Balaban J connectivity index is 1.62. The van der Waals surface area contributed by atoms with Gasteiger partial charge < -0.3 is 14.8 Å². The minimum atomic E-state index is -0.325. The maximum absolute atomic E-state index is 12.5. The van der Waals surface area contributed by atoms with Crippen LogP contribution in [0, 0.1) is 6.92 Å². The zero-order valence-corrected chi connectivity index (χ0v) is 17.2. The number of benzene rings is 2. The number of fused-ring (bicyclic) bond motifs is 1. The third-order valence-corrected chi connectivity index (χ3v) is 5.64. The van der Waals surface area contributed by atoms with Gasteiger partial charge in [-0.05, 0) is 44.5 Å². The standard InChI is InChI=1S/C22H27NO3S/c1-15-5-7-16(8-6-15)13-27-14-21(24)23-19-12-22(2,3)26-20-10-9-17(25-4)11-18(19)20/h5-11,19H,12-14H2,1-4H3,(H,23,24)/t19-/m0/s1. The number of carbonyl (C=O) groups is 1. The van der Waals surface area contributed by atoms with E-state index in [9.17, 15) is 4.79 Å². The molecule has 1 atom stereocenters. The molecule has 0 aromatic heterocycles. The van der Waals surface area contributed by atoms with E-state index >= 15 is 0 Å². The number of rotatable bonds is 6. The van der Waals surface area contributed by atoms with Crippen molar-refractivity contribution in [3.8, 4) is 11.5 Å². The molecule has 0 spiro atoms. The van der Waals surface area contributed by atoms with Gasteiger partial charge in [0.2, 0.25) is 5.91 Å². The van der Waals surface area contributed by atoms with Crippen molar-refractivity contribution in [3.05, 3.63) is 59.2 Å². The molecule has 4 nitrogen and oxygen atoms in total. The zero-order chi connectivity index (χ0) is 19.4. The molecule has 0 unspecified atom stereocenters. The number of carbonyl (C=O) groups excluding carboxylic acids is 1. The molecular weight excluding hydrogens is 358 g/mol. The lowest BCUT2D eigenvalue weighted by Gasteiger charge is -2.38. The summed E-state index contributed by atoms with van der Waals surface area (Å²) in [5.41, 5.74) is 3.14. The normalized spacial score (nSPS) is 17.6. The molecule has 0 aliphatic carbocycles. The first-order valence-electron chi connectivity index (χ1n) is 9.16. The summed E-state index contributed by atoms with van der Waals surface area (Å²) in [7, 11) is 1.64. The van der Waals surface area contributed by atoms with Crippen molar-refractivity contribution < 1.29 is 14.3 Å². The number of nitrogens with one attached hydrogen (secondary N) is 1. The van der Waals surface area contributed by atoms with Crippen molar-refractivity contribution >= 4 is 17.7 Å². The monoisotopic (exact) mass is 385 g/mol. The average Bonchev–Trinajstić information content (AvgIpc) is 2.62. The Morgan fingerprint density at radius 2 is 2.00 bits per heavy atom. The lowest BCUT2D eigenvalue weighted by molar-refractivity contribution is -0.119. The number of hydrogen-bond donors (Lipinski definition) is 1. The Bertz CT molecular complexity index is 802. The fourth-order valence-electron chi connectivity index (χ4n) is 3.27. The smallest absolute Gasteiger partial charge is 0.230 e. The Morgan fingerprint density at radius 3 is 2.70 bits per heavy atom. The second-order valence-corrected chi connectivity index (χ2v) is 8.55. The molecule has 1 amide bonds. The van der Waals surface area contributed by atoms with E-state index in [0.717, 1.165) is 29.2 Å². The van der Waals surface area contributed by atoms with Gasteiger partial charge in [0.25, 0.3) is 0 Å². The third kappa shape index (κ3) is 5.19. The predicted molar refractivity (Wildman–Crippen MR) is 111 cm³/mol. The van der Waals surface area contributed by atoms with Gasteiger partial charge in [-0.3, -0.25) is 4.79 Å². The molecule has 0 saturated carbocycles. The average molecular weight is 386 g/mol. The molecule has 27 heavy (non-hydrogen) atoms. The molecule has 144 valence electrons. The summed E-state index contributed by atoms with van der Waals surface area (Å²) < 4.78 is 11.4. The van der Waals surface area contributed by atoms with Gasteiger partial charge in [-0.25, -0.2) is 0 Å². The predicted octanol–water partition coefficient (Wildman–Crippen LogP) is 4.66. The summed E-state index contributed by atoms with van der Waals surface area (Å²) in [6.07, 6.45) is 0.724. The molecular formula is C22H27NO3S. The molecule has 1 aliphatic rings. The Kier molecular flexibility index (Phi) is 6.00. The van der Waals surface area contributed by atoms with Crippen LogP contribution < -0.4 is 14.8 Å². The highest BCUT2D eigenvalue weighted by molar-refractivity contribution is 7.99. The molecule has 0 bridgehead atoms. The van der Waals surface area contributed by atoms with Crippen LogP contribution in [0.5, 0.6) is 11.5 Å². The summed E-state index contributed by atoms with van der Waals surface area (Å²) >= 11 is 1.63. The molecule has 1 heterocycles. The van der Waals surface area contributed by atoms with E-state index < -0.39 is 0 Å². The summed E-state index contributed by atoms with van der Waals surface area (Å²) in [6.45, 7) is 6.17. The molecule has 5 heteroatoms. The molecule has 2 aromatic rings. The van der Waals surface area contributed by atoms with Crippen LogP contribution in [-0.4, -0.2) is 24.4 Å². The molecule has 0 fully saturated rings. The van der Waals surface area contributed by atoms with Crippen LogP contribution in [-0.2, 0) is 10.5 Å². The molecule has 3 rings (SSSR count). The summed E-state index contributed by atoms with van der Waals surface area (Å²) in [5.74, 6) is 2.89. The maximum Gasteiger partial charge on any atom is 0.230 e. The van der Waals surface area contributed by atoms with Crippen molar-refractivity contribution in [2.24, 2.45) is 0 Å². The van der Waals surface area contributed by atoms with Crippen LogP contribution in [0.3, 0.4) is 0 Å². The second-order valence-electron chi connectivity index (χ2n) is 7.57. The third-order valence-electron chi connectivity index (χ3n) is 4.63. The fourth-order valence-corrected chi connectivity index (χ4v) is 4.07. The van der Waals surface area contributed by atoms with E-state index in [2.05, 4.69) is 36.5 Å². The Hall–Kier alpha value is -2.14. The van der Waals surface area contributed by atoms with Gasteiger partial charge in [-0.1, -0.05) is 29.8 Å². The van der Waals surface area contributed by atoms with Crippen LogP contribution in [0.4, 0.5) is 0 Å². The van der Waals surface area contributed by atoms with Crippen LogP contribution in [0.1, 0.15) is 43.0 Å². The number of aryl methyl sites for hydroxylation is 1. The fraction of sp³-hybridized carbons (Fsp3) is 0.409. The molecule has 1 aliphatic heterocycles. The largest absolute Gasteiger partial charge is 0.497 e. The Labute approximate surface area is 165 Å². The molecule has 0 radical (unpaired) electrons. The summed E-state index contributed by atoms with van der Waals surface area (Å²) in [4.78, 5) is 12.5. The minimum Gasteiger partial charge on any atom is -0.497 e. The van der Waals surface area contributed by atoms with E-state index in [4.69, 9.17) is 9.47 Å². The lowest BCUT2D eigenvalue weighted by atomic mass is 9.89. The van der Waals surface area contributed by atoms with Crippen molar-refractivity contribution in [1.29, 1.82) is 0 Å². The SMILES string of the molecule is COc1ccc2c(c1)[C@@H](NC(=O)CSCc1ccc(C)cc1)CC(C)(C)O2. The molecule has 0 saturated heterocycles. The van der Waals surface area contributed by atoms with E-state index in [0.29, 0.717) is 5.75 Å². The van der Waals surface area contributed by atoms with E-state index in [-0.39, 0.29) is 17.6 Å². The van der Waals surface area contributed by atoms with Gasteiger partial charge in [0.05, 0.1) is 18.9 Å². The highest BCUT2D eigenvalue weighted by atomic mass is 32.2. The van der Waals surface area contributed by atoms with Crippen molar-refractivity contribution in [2.75, 3.05) is 12.9 Å². The van der Waals surface area contributed by atoms with Crippen molar-refractivity contribution in [2.45, 2.75) is 44.6 Å². The number of ether oxygens (including phenoxy) is 2. The van der Waals surface area contributed by atoms with Crippen LogP contribution >= 0.6 is 11.8 Å². The van der Waals surface area contributed by atoms with Crippen molar-refractivity contribution in [1.82, 2.24) is 5.32 Å². The first-order valence-corrected chi connectivity index (χ1v) is 10.3. The maximum atomic E-state index is 12.5. The van der Waals surface area contributed by atoms with Gasteiger partial charge in [-0.2, -0.15) is 0 Å². The highest BCUT2D eigenvalue weighted by Crippen LogP contribution is 2.41. The van der Waals surface area contributed by atoms with Gasteiger partial charge >= 0.3 is 0 Å². The number of amides is 1. The minimum absolute atomic E-state index is 0.0450. The number of hydrogen-bond acceptors (Lipinski definition) is 4. The zero-order valence-electron chi connectivity index (χ0n) is 16.4. The van der Waals surface area contributed by atoms with Crippen LogP contribution in [0.2, 0.25) is 0 Å². The van der Waals surface area contributed by atoms with Crippen LogP contribution in [0.25, 0.3) is 0 Å². The summed E-state index contributed by atoms with van der Waals surface area (Å²) in [5, 5.41) is 3.18. The molecule has 1 N–H and O–H groups in total. The van der Waals surface area contributed by atoms with E-state index in [1.54, 1.807) is 18.9 Å². The van der Waals surface area contributed by atoms with Crippen LogP contribution in [0.15, 0.2) is 42.5 Å². The van der Waals surface area contributed by atoms with Gasteiger partial charge in [0.15, 0.2) is 0 Å². The molecule has 2 aromatic carbocycles. The van der Waals surface area contributed by atoms with Gasteiger partial charge in [-0.15, -0.1) is 11.8 Å². The summed E-state index contributed by atoms with van der Waals surface area (Å²) in [6, 6.07) is 14.1. The first kappa shape index (κ1) is 19.6. The topological polar surface area (TPSA) is 47.6 Å². The van der Waals surface area contributed by atoms with Gasteiger partial charge in [0.1, 0.15) is 17.1 Å². The van der Waals surface area contributed by atoms with E-state index in [1.165, 1.54) is 11.1 Å². The quantitative estimate of drug-likeness (QED) is 0.786. The lowest BCUT2D eigenvalue weighted by Crippen LogP contribution is -2.41. The van der Waals surface area contributed by atoms with E-state index in [1.807, 2.05) is 32.0 Å². The number of thioether (sulfide) groups is 1. The second kappa shape index (κ2) is 8.26. The van der Waals surface area contributed by atoms with Crippen molar-refractivity contribution in [3.63, 3.8) is 0 Å². The number of methoxy groups -OCH3 is 1. The van der Waals surface area contributed by atoms with Gasteiger partial charge in [0, 0.05) is 17.7 Å². The highest BCUT2D eigenvalue weighted by Gasteiger charge is 2.34.